The molecule has 2 saturated heterocycles. The molecule has 1 aromatic rings. The summed E-state index contributed by atoms with van der Waals surface area (Å²) in [5.74, 6) is 0.374. The number of epoxide rings is 1. The van der Waals surface area contributed by atoms with Crippen LogP contribution in [-0.4, -0.2) is 58.1 Å². The minimum absolute atomic E-state index is 0.0610. The highest BCUT2D eigenvalue weighted by atomic mass is 32.2. The summed E-state index contributed by atoms with van der Waals surface area (Å²) in [5, 5.41) is 24.0. The van der Waals surface area contributed by atoms with Crippen molar-refractivity contribution in [2.24, 2.45) is 17.3 Å². The molecule has 0 spiro atoms. The molecular weight excluding hydrogens is 466 g/mol. The van der Waals surface area contributed by atoms with Crippen molar-refractivity contribution in [2.75, 3.05) is 12.9 Å². The smallest absolute Gasteiger partial charge is 0.150 e. The molecule has 7 unspecified atom stereocenters. The van der Waals surface area contributed by atoms with Gasteiger partial charge in [-0.1, -0.05) is 45.9 Å². The summed E-state index contributed by atoms with van der Waals surface area (Å²) in [5.41, 5.74) is 1.73. The Balaban J connectivity index is 1.75. The molecule has 7 heteroatoms. The van der Waals surface area contributed by atoms with Gasteiger partial charge in [-0.3, -0.25) is 0 Å². The molecule has 0 aliphatic carbocycles. The number of rotatable bonds is 3. The van der Waals surface area contributed by atoms with Crippen molar-refractivity contribution in [1.82, 2.24) is 4.98 Å². The lowest BCUT2D eigenvalue weighted by molar-refractivity contribution is -0.0283. The molecular formula is C27H45NO4S2. The van der Waals surface area contributed by atoms with Crippen LogP contribution >= 0.6 is 23.1 Å². The van der Waals surface area contributed by atoms with E-state index in [4.69, 9.17) is 9.47 Å². The summed E-state index contributed by atoms with van der Waals surface area (Å²) in [6.07, 6.45) is 8.65. The first-order valence-corrected chi connectivity index (χ1v) is 14.9. The van der Waals surface area contributed by atoms with Gasteiger partial charge in [0.15, 0.2) is 0 Å². The van der Waals surface area contributed by atoms with Crippen molar-refractivity contribution in [2.45, 2.75) is 114 Å². The fourth-order valence-electron chi connectivity index (χ4n) is 5.45. The second kappa shape index (κ2) is 11.7. The number of nitrogens with zero attached hydrogens (tertiary/aromatic N) is 1. The van der Waals surface area contributed by atoms with Gasteiger partial charge < -0.3 is 19.7 Å². The topological polar surface area (TPSA) is 75.1 Å². The summed E-state index contributed by atoms with van der Waals surface area (Å²) in [4.78, 5) is 4.66. The van der Waals surface area contributed by atoms with E-state index >= 15 is 0 Å². The minimum Gasteiger partial charge on any atom is -0.393 e. The summed E-state index contributed by atoms with van der Waals surface area (Å²) in [7, 11) is 0. The van der Waals surface area contributed by atoms with Crippen LogP contribution in [0.2, 0.25) is 0 Å². The van der Waals surface area contributed by atoms with Crippen LogP contribution in [-0.2, 0) is 9.47 Å². The van der Waals surface area contributed by atoms with Crippen LogP contribution in [0.1, 0.15) is 85.8 Å². The van der Waals surface area contributed by atoms with Gasteiger partial charge in [0.05, 0.1) is 35.7 Å². The van der Waals surface area contributed by atoms with Gasteiger partial charge in [-0.25, -0.2) is 4.98 Å². The van der Waals surface area contributed by atoms with Gasteiger partial charge in [0.25, 0.3) is 0 Å². The molecule has 0 radical (unpaired) electrons. The van der Waals surface area contributed by atoms with E-state index in [1.165, 1.54) is 0 Å². The van der Waals surface area contributed by atoms with Crippen LogP contribution in [0.5, 0.6) is 0 Å². The summed E-state index contributed by atoms with van der Waals surface area (Å²) in [6, 6.07) is 0. The molecule has 3 rings (SSSR count). The van der Waals surface area contributed by atoms with E-state index in [1.807, 2.05) is 6.26 Å². The fraction of sp³-hybridized carbons (Fsp3) is 0.815. The molecule has 0 amide bonds. The second-order valence-corrected chi connectivity index (χ2v) is 13.4. The van der Waals surface area contributed by atoms with Crippen molar-refractivity contribution < 1.29 is 19.7 Å². The maximum absolute atomic E-state index is 11.0. The largest absolute Gasteiger partial charge is 0.393 e. The quantitative estimate of drug-likeness (QED) is 0.372. The number of ether oxygens (including phenoxy) is 2. The molecule has 7 atom stereocenters. The van der Waals surface area contributed by atoms with Crippen molar-refractivity contribution >= 4 is 29.2 Å². The van der Waals surface area contributed by atoms with Crippen molar-refractivity contribution in [3.8, 4) is 0 Å². The van der Waals surface area contributed by atoms with Crippen molar-refractivity contribution in [3.05, 3.63) is 16.6 Å². The number of aliphatic hydroxyl groups is 2. The number of thioether (sulfide) groups is 1. The van der Waals surface area contributed by atoms with Crippen LogP contribution in [0, 0.1) is 17.3 Å². The third-order valence-electron chi connectivity index (χ3n) is 7.98. The van der Waals surface area contributed by atoms with Gasteiger partial charge >= 0.3 is 0 Å². The van der Waals surface area contributed by atoms with Crippen molar-refractivity contribution in [1.29, 1.82) is 0 Å². The lowest BCUT2D eigenvalue weighted by Gasteiger charge is -2.36. The molecule has 34 heavy (non-hydrogen) atoms. The Morgan fingerprint density at radius 3 is 2.62 bits per heavy atom. The van der Waals surface area contributed by atoms with E-state index in [0.717, 1.165) is 47.7 Å². The van der Waals surface area contributed by atoms with Crippen LogP contribution in [0.15, 0.2) is 15.3 Å². The average Bonchev–Trinajstić information content (AvgIpc) is 3.18. The highest BCUT2D eigenvalue weighted by Crippen LogP contribution is 2.45. The van der Waals surface area contributed by atoms with E-state index in [0.29, 0.717) is 13.0 Å². The van der Waals surface area contributed by atoms with Crippen LogP contribution in [0.25, 0.3) is 6.08 Å². The summed E-state index contributed by atoms with van der Waals surface area (Å²) in [6.45, 7) is 13.3. The first kappa shape index (κ1) is 28.1. The van der Waals surface area contributed by atoms with Crippen LogP contribution in [0.3, 0.4) is 0 Å². The lowest BCUT2D eigenvalue weighted by Crippen LogP contribution is -2.37. The molecule has 2 fully saturated rings. The Labute approximate surface area is 214 Å². The van der Waals surface area contributed by atoms with E-state index in [2.05, 4.69) is 58.0 Å². The molecule has 3 heterocycles. The van der Waals surface area contributed by atoms with Gasteiger partial charge in [-0.2, -0.15) is 0 Å². The number of aromatic nitrogens is 1. The normalized spacial score (nSPS) is 38.3. The van der Waals surface area contributed by atoms with E-state index in [-0.39, 0.29) is 41.2 Å². The lowest BCUT2D eigenvalue weighted by atomic mass is 9.74. The number of fused-ring (bicyclic) bond motifs is 1. The van der Waals surface area contributed by atoms with E-state index in [1.54, 1.807) is 23.1 Å². The molecule has 0 aromatic carbocycles. The van der Waals surface area contributed by atoms with Gasteiger partial charge in [0, 0.05) is 18.4 Å². The molecule has 2 aliphatic rings. The Morgan fingerprint density at radius 1 is 1.21 bits per heavy atom. The molecule has 2 aliphatic heterocycles. The Bertz CT molecular complexity index is 825. The zero-order valence-corrected chi connectivity index (χ0v) is 23.7. The molecule has 2 N–H and O–H groups in total. The standard InChI is InChI=1S/C27H45NO4S2/c1-17-9-8-11-27(6)23(32-27)14-21(18(2)13-20-16-34-25(28-20)33-7)31-12-10-22(29)26(4,5)15-19(3)24(17)30/h13,16-17,19,21-24,29-30H,8-12,14-15H2,1-7H3. The molecule has 0 bridgehead atoms. The first-order valence-electron chi connectivity index (χ1n) is 12.8. The minimum atomic E-state index is -0.486. The van der Waals surface area contributed by atoms with Gasteiger partial charge in [-0.15, -0.1) is 11.3 Å². The predicted octanol–water partition coefficient (Wildman–Crippen LogP) is 6.19. The molecule has 1 aromatic heterocycles. The van der Waals surface area contributed by atoms with Crippen molar-refractivity contribution in [3.63, 3.8) is 0 Å². The average molecular weight is 512 g/mol. The molecule has 194 valence electrons. The Morgan fingerprint density at radius 2 is 1.94 bits per heavy atom. The van der Waals surface area contributed by atoms with Crippen LogP contribution in [0.4, 0.5) is 0 Å². The molecule has 5 nitrogen and oxygen atoms in total. The summed E-state index contributed by atoms with van der Waals surface area (Å²) >= 11 is 3.33. The third kappa shape index (κ3) is 7.30. The van der Waals surface area contributed by atoms with E-state index in [9.17, 15) is 10.2 Å². The summed E-state index contributed by atoms with van der Waals surface area (Å²) < 4.78 is 13.6. The SMILES string of the molecule is CSc1nc(C=C(C)C2CC3OC3(C)CCCC(C)C(O)C(C)CC(C)(C)C(O)CCO2)cs1. The third-order valence-corrected chi connectivity index (χ3v) is 9.86. The van der Waals surface area contributed by atoms with Gasteiger partial charge in [0.2, 0.25) is 0 Å². The molecule has 0 saturated carbocycles. The van der Waals surface area contributed by atoms with Gasteiger partial charge in [-0.05, 0) is 74.7 Å². The second-order valence-electron chi connectivity index (χ2n) is 11.5. The number of hydrogen-bond donors (Lipinski definition) is 2. The Hall–Kier alpha value is -0.440. The van der Waals surface area contributed by atoms with E-state index < -0.39 is 6.10 Å². The Kier molecular flexibility index (Phi) is 9.71. The van der Waals surface area contributed by atoms with Crippen LogP contribution < -0.4 is 0 Å². The fourth-order valence-corrected chi connectivity index (χ4v) is 6.68. The maximum atomic E-state index is 11.0. The first-order chi connectivity index (χ1) is 15.9. The zero-order chi connectivity index (χ0) is 25.1. The number of thiazole rings is 1. The number of aliphatic hydroxyl groups excluding tert-OH is 2. The maximum Gasteiger partial charge on any atom is 0.150 e. The predicted molar refractivity (Wildman–Crippen MR) is 142 cm³/mol. The highest BCUT2D eigenvalue weighted by molar-refractivity contribution is 8.00. The monoisotopic (exact) mass is 511 g/mol. The highest BCUT2D eigenvalue weighted by Gasteiger charge is 2.52. The zero-order valence-electron chi connectivity index (χ0n) is 22.0. The number of hydrogen-bond acceptors (Lipinski definition) is 7. The van der Waals surface area contributed by atoms with Gasteiger partial charge in [0.1, 0.15) is 4.34 Å².